The maximum absolute atomic E-state index is 12.6. The highest BCUT2D eigenvalue weighted by molar-refractivity contribution is 8.04. The summed E-state index contributed by atoms with van der Waals surface area (Å²) in [5.74, 6) is -0.860. The number of hydrogen-bond donors (Lipinski definition) is 0. The van der Waals surface area contributed by atoms with Gasteiger partial charge in [-0.3, -0.25) is 4.79 Å². The molecule has 0 aliphatic carbocycles. The molecule has 0 amide bonds. The predicted molar refractivity (Wildman–Crippen MR) is 77.6 cm³/mol. The van der Waals surface area contributed by atoms with Crippen molar-refractivity contribution in [3.8, 4) is 12.1 Å². The Morgan fingerprint density at radius 3 is 2.35 bits per heavy atom. The average molecular weight is 283 g/mol. The molecule has 1 aliphatic heterocycles. The summed E-state index contributed by atoms with van der Waals surface area (Å²) in [7, 11) is 3.63. The first-order valence-corrected chi connectivity index (χ1v) is 6.95. The minimum absolute atomic E-state index is 0.175. The maximum atomic E-state index is 12.6. The Morgan fingerprint density at radius 1 is 1.20 bits per heavy atom. The lowest BCUT2D eigenvalue weighted by molar-refractivity contribution is 0.102. The standard InChI is InChI=1S/C15H13N3OS/c1-18(2)15-13(11(8-16)12(9-17)20-15)14(19)10-6-4-3-5-7-10/h3-7,11-12H,1-2H3. The van der Waals surface area contributed by atoms with Crippen molar-refractivity contribution in [1.29, 1.82) is 10.5 Å². The van der Waals surface area contributed by atoms with Crippen LogP contribution < -0.4 is 0 Å². The van der Waals surface area contributed by atoms with E-state index in [4.69, 9.17) is 5.26 Å². The summed E-state index contributed by atoms with van der Waals surface area (Å²) < 4.78 is 0. The van der Waals surface area contributed by atoms with Crippen LogP contribution in [-0.2, 0) is 0 Å². The number of thioether (sulfide) groups is 1. The molecule has 0 aromatic heterocycles. The smallest absolute Gasteiger partial charge is 0.193 e. The Morgan fingerprint density at radius 2 is 1.85 bits per heavy atom. The monoisotopic (exact) mass is 283 g/mol. The molecule has 0 fully saturated rings. The normalized spacial score (nSPS) is 21.2. The number of nitrogens with zero attached hydrogens (tertiary/aromatic N) is 3. The lowest BCUT2D eigenvalue weighted by Gasteiger charge is -2.15. The van der Waals surface area contributed by atoms with Crippen molar-refractivity contribution in [3.63, 3.8) is 0 Å². The van der Waals surface area contributed by atoms with Crippen molar-refractivity contribution in [2.45, 2.75) is 5.25 Å². The second kappa shape index (κ2) is 5.81. The molecule has 5 heteroatoms. The summed E-state index contributed by atoms with van der Waals surface area (Å²) in [5, 5.41) is 18.7. The first-order chi connectivity index (χ1) is 9.60. The van der Waals surface area contributed by atoms with Crippen molar-refractivity contribution in [3.05, 3.63) is 46.5 Å². The molecular weight excluding hydrogens is 270 g/mol. The van der Waals surface area contributed by atoms with Gasteiger partial charge in [-0.05, 0) is 0 Å². The number of hydrogen-bond acceptors (Lipinski definition) is 5. The summed E-state index contributed by atoms with van der Waals surface area (Å²) in [5.41, 5.74) is 0.974. The van der Waals surface area contributed by atoms with E-state index in [1.54, 1.807) is 29.2 Å². The quantitative estimate of drug-likeness (QED) is 0.797. The molecule has 0 radical (unpaired) electrons. The van der Waals surface area contributed by atoms with E-state index in [9.17, 15) is 10.1 Å². The van der Waals surface area contributed by atoms with Crippen molar-refractivity contribution < 1.29 is 4.79 Å². The third-order valence-electron chi connectivity index (χ3n) is 3.04. The first kappa shape index (κ1) is 14.2. The van der Waals surface area contributed by atoms with Crippen LogP contribution in [0, 0.1) is 28.6 Å². The van der Waals surface area contributed by atoms with E-state index in [0.717, 1.165) is 0 Å². The molecule has 1 heterocycles. The fourth-order valence-electron chi connectivity index (χ4n) is 2.10. The minimum atomic E-state index is -0.685. The Hall–Kier alpha value is -2.24. The molecule has 0 spiro atoms. The van der Waals surface area contributed by atoms with E-state index >= 15 is 0 Å². The highest BCUT2D eigenvalue weighted by Crippen LogP contribution is 2.43. The lowest BCUT2D eigenvalue weighted by atomic mass is 9.91. The number of rotatable bonds is 3. The van der Waals surface area contributed by atoms with E-state index in [-0.39, 0.29) is 5.78 Å². The topological polar surface area (TPSA) is 67.9 Å². The summed E-state index contributed by atoms with van der Waals surface area (Å²) in [6.07, 6.45) is 0. The predicted octanol–water partition coefficient (Wildman–Crippen LogP) is 2.42. The zero-order valence-corrected chi connectivity index (χ0v) is 12.0. The molecule has 0 saturated heterocycles. The number of carbonyl (C=O) groups excluding carboxylic acids is 1. The van der Waals surface area contributed by atoms with Crippen LogP contribution in [0.15, 0.2) is 40.9 Å². The van der Waals surface area contributed by atoms with Crippen molar-refractivity contribution >= 4 is 17.5 Å². The van der Waals surface area contributed by atoms with Crippen LogP contribution >= 0.6 is 11.8 Å². The van der Waals surface area contributed by atoms with E-state index in [1.807, 2.05) is 20.2 Å². The fourth-order valence-corrected chi connectivity index (χ4v) is 3.28. The summed E-state index contributed by atoms with van der Waals surface area (Å²) in [6, 6.07) is 13.1. The molecule has 1 aromatic carbocycles. The summed E-state index contributed by atoms with van der Waals surface area (Å²) in [6.45, 7) is 0. The molecule has 1 aromatic rings. The van der Waals surface area contributed by atoms with Crippen molar-refractivity contribution in [2.75, 3.05) is 14.1 Å². The Balaban J connectivity index is 2.50. The zero-order chi connectivity index (χ0) is 14.7. The SMILES string of the molecule is CN(C)C1=C(C(=O)c2ccccc2)C(C#N)C(C#N)S1. The molecule has 0 bridgehead atoms. The molecule has 2 unspecified atom stereocenters. The first-order valence-electron chi connectivity index (χ1n) is 6.07. The summed E-state index contributed by atoms with van der Waals surface area (Å²) >= 11 is 1.28. The van der Waals surface area contributed by atoms with Gasteiger partial charge < -0.3 is 4.90 Å². The number of Topliss-reactive ketones (excluding diaryl/α,β-unsaturated/α-hetero) is 1. The Labute approximate surface area is 122 Å². The van der Waals surface area contributed by atoms with Gasteiger partial charge in [0.25, 0.3) is 0 Å². The third-order valence-corrected chi connectivity index (χ3v) is 4.48. The average Bonchev–Trinajstić information content (AvgIpc) is 2.86. The van der Waals surface area contributed by atoms with Crippen molar-refractivity contribution in [2.24, 2.45) is 5.92 Å². The summed E-state index contributed by atoms with van der Waals surface area (Å²) in [4.78, 5) is 14.4. The van der Waals surface area contributed by atoms with Crippen LogP contribution in [-0.4, -0.2) is 30.0 Å². The van der Waals surface area contributed by atoms with Gasteiger partial charge in [-0.15, -0.1) is 0 Å². The molecule has 20 heavy (non-hydrogen) atoms. The van der Waals surface area contributed by atoms with Gasteiger partial charge in [0.1, 0.15) is 11.2 Å². The largest absolute Gasteiger partial charge is 0.372 e. The lowest BCUT2D eigenvalue weighted by Crippen LogP contribution is -2.18. The second-order valence-corrected chi connectivity index (χ2v) is 5.71. The van der Waals surface area contributed by atoms with Gasteiger partial charge in [-0.25, -0.2) is 0 Å². The number of benzene rings is 1. The molecule has 100 valence electrons. The van der Waals surface area contributed by atoms with Crippen LogP contribution in [0.2, 0.25) is 0 Å². The van der Waals surface area contributed by atoms with Gasteiger partial charge in [0, 0.05) is 25.2 Å². The molecule has 0 saturated carbocycles. The number of ketones is 1. The van der Waals surface area contributed by atoms with Crippen molar-refractivity contribution in [1.82, 2.24) is 4.90 Å². The molecule has 2 rings (SSSR count). The Kier molecular flexibility index (Phi) is 4.12. The van der Waals surface area contributed by atoms with Crippen LogP contribution in [0.4, 0.5) is 0 Å². The zero-order valence-electron chi connectivity index (χ0n) is 11.2. The van der Waals surface area contributed by atoms with Gasteiger partial charge in [0.15, 0.2) is 5.78 Å². The van der Waals surface area contributed by atoms with Crippen LogP contribution in [0.25, 0.3) is 0 Å². The highest BCUT2D eigenvalue weighted by atomic mass is 32.2. The molecule has 0 N–H and O–H groups in total. The molecular formula is C15H13N3OS. The van der Waals surface area contributed by atoms with Gasteiger partial charge >= 0.3 is 0 Å². The van der Waals surface area contributed by atoms with Gasteiger partial charge in [-0.2, -0.15) is 10.5 Å². The van der Waals surface area contributed by atoms with E-state index in [0.29, 0.717) is 16.2 Å². The van der Waals surface area contributed by atoms with Crippen LogP contribution in [0.5, 0.6) is 0 Å². The van der Waals surface area contributed by atoms with E-state index in [1.165, 1.54) is 11.8 Å². The van der Waals surface area contributed by atoms with E-state index in [2.05, 4.69) is 12.1 Å². The number of allylic oxidation sites excluding steroid dienone is 1. The van der Waals surface area contributed by atoms with Gasteiger partial charge in [0.05, 0.1) is 17.2 Å². The van der Waals surface area contributed by atoms with Gasteiger partial charge in [-0.1, -0.05) is 42.1 Å². The second-order valence-electron chi connectivity index (χ2n) is 4.58. The molecule has 2 atom stereocenters. The third kappa shape index (κ3) is 2.41. The number of nitriles is 2. The Bertz CT molecular complexity index is 637. The fraction of sp³-hybridized carbons (Fsp3) is 0.267. The maximum Gasteiger partial charge on any atom is 0.193 e. The van der Waals surface area contributed by atoms with Crippen LogP contribution in [0.1, 0.15) is 10.4 Å². The highest BCUT2D eigenvalue weighted by Gasteiger charge is 2.40. The number of carbonyl (C=O) groups is 1. The molecule has 1 aliphatic rings. The molecule has 4 nitrogen and oxygen atoms in total. The minimum Gasteiger partial charge on any atom is -0.372 e. The van der Waals surface area contributed by atoms with Crippen LogP contribution in [0.3, 0.4) is 0 Å². The van der Waals surface area contributed by atoms with E-state index < -0.39 is 11.2 Å². The van der Waals surface area contributed by atoms with Gasteiger partial charge in [0.2, 0.25) is 0 Å².